The fourth-order valence-electron chi connectivity index (χ4n) is 2.85. The fraction of sp³-hybridized carbons (Fsp3) is 0. The molecule has 0 aliphatic carbocycles. The molecule has 4 nitrogen and oxygen atoms in total. The Bertz CT molecular complexity index is 1150. The summed E-state index contributed by atoms with van der Waals surface area (Å²) in [7, 11) is 0. The fourth-order valence-corrected chi connectivity index (χ4v) is 3.22. The van der Waals surface area contributed by atoms with Gasteiger partial charge in [0.25, 0.3) is 0 Å². The molecule has 0 atom stereocenters. The van der Waals surface area contributed by atoms with Gasteiger partial charge in [-0.25, -0.2) is 0 Å². The number of phenols is 2. The molecular formula is C22H15BrO4. The number of fused-ring (bicyclic) bond motifs is 2. The normalized spacial score (nSPS) is 10.3. The molecule has 0 amide bonds. The molecule has 0 fully saturated rings. The Morgan fingerprint density at radius 3 is 1.85 bits per heavy atom. The van der Waals surface area contributed by atoms with Gasteiger partial charge in [-0.2, -0.15) is 0 Å². The van der Waals surface area contributed by atoms with Crippen molar-refractivity contribution in [3.05, 3.63) is 82.3 Å². The maximum atomic E-state index is 10.8. The summed E-state index contributed by atoms with van der Waals surface area (Å²) >= 11 is 3.35. The number of carbonyl (C=O) groups excluding carboxylic acids is 2. The molecule has 0 saturated carbocycles. The van der Waals surface area contributed by atoms with Crippen molar-refractivity contribution in [3.8, 4) is 11.5 Å². The van der Waals surface area contributed by atoms with Gasteiger partial charge in [-0.05, 0) is 45.8 Å². The zero-order valence-corrected chi connectivity index (χ0v) is 15.7. The summed E-state index contributed by atoms with van der Waals surface area (Å²) in [6, 6.07) is 19.6. The van der Waals surface area contributed by atoms with E-state index in [-0.39, 0.29) is 11.5 Å². The number of hydrogen-bond acceptors (Lipinski definition) is 4. The lowest BCUT2D eigenvalue weighted by molar-refractivity contribution is 0.111. The molecule has 5 heteroatoms. The second-order valence-corrected chi connectivity index (χ2v) is 6.73. The number of aromatic hydroxyl groups is 2. The van der Waals surface area contributed by atoms with E-state index >= 15 is 0 Å². The van der Waals surface area contributed by atoms with E-state index in [2.05, 4.69) is 15.9 Å². The van der Waals surface area contributed by atoms with E-state index in [1.54, 1.807) is 12.1 Å². The molecule has 0 aromatic heterocycles. The van der Waals surface area contributed by atoms with Crippen LogP contribution in [0.15, 0.2) is 71.2 Å². The molecule has 4 aromatic rings. The largest absolute Gasteiger partial charge is 0.507 e. The van der Waals surface area contributed by atoms with Gasteiger partial charge in [0.15, 0.2) is 12.6 Å². The third-order valence-electron chi connectivity index (χ3n) is 4.18. The van der Waals surface area contributed by atoms with Gasteiger partial charge in [0.1, 0.15) is 11.5 Å². The number of carbonyl (C=O) groups is 2. The lowest BCUT2D eigenvalue weighted by Gasteiger charge is -2.03. The van der Waals surface area contributed by atoms with Crippen LogP contribution in [0.25, 0.3) is 21.5 Å². The van der Waals surface area contributed by atoms with Gasteiger partial charge in [-0.15, -0.1) is 0 Å². The predicted octanol–water partition coefficient (Wildman–Crippen LogP) is 5.48. The van der Waals surface area contributed by atoms with Crippen LogP contribution in [0.2, 0.25) is 0 Å². The van der Waals surface area contributed by atoms with E-state index in [1.165, 1.54) is 12.1 Å². The van der Waals surface area contributed by atoms with Crippen LogP contribution < -0.4 is 0 Å². The third-order valence-corrected chi connectivity index (χ3v) is 4.68. The van der Waals surface area contributed by atoms with Crippen molar-refractivity contribution in [2.24, 2.45) is 0 Å². The van der Waals surface area contributed by atoms with Gasteiger partial charge < -0.3 is 10.2 Å². The van der Waals surface area contributed by atoms with E-state index in [1.807, 2.05) is 42.5 Å². The summed E-state index contributed by atoms with van der Waals surface area (Å²) in [6.07, 6.45) is 1.35. The molecule has 0 aliphatic heterocycles. The molecule has 0 heterocycles. The molecule has 0 saturated heterocycles. The number of benzene rings is 4. The summed E-state index contributed by atoms with van der Waals surface area (Å²) in [4.78, 5) is 21.4. The number of halogens is 1. The van der Waals surface area contributed by atoms with Gasteiger partial charge in [0.05, 0.1) is 11.1 Å². The van der Waals surface area contributed by atoms with Crippen molar-refractivity contribution in [3.63, 3.8) is 0 Å². The minimum atomic E-state index is 0.0230. The van der Waals surface area contributed by atoms with Crippen molar-refractivity contribution >= 4 is 50.0 Å². The summed E-state index contributed by atoms with van der Waals surface area (Å²) < 4.78 is 0.951. The summed E-state index contributed by atoms with van der Waals surface area (Å²) in [5.74, 6) is 0.0588. The Labute approximate surface area is 163 Å². The minimum Gasteiger partial charge on any atom is -0.507 e. The first-order chi connectivity index (χ1) is 13.0. The average Bonchev–Trinajstić information content (AvgIpc) is 2.68. The quantitative estimate of drug-likeness (QED) is 0.419. The molecule has 0 unspecified atom stereocenters. The number of phenolic OH excluding ortho intramolecular Hbond substituents is 2. The molecule has 134 valence electrons. The number of hydrogen-bond donors (Lipinski definition) is 2. The molecule has 4 aromatic carbocycles. The second-order valence-electron chi connectivity index (χ2n) is 5.82. The Hall–Kier alpha value is -3.18. The van der Waals surface area contributed by atoms with E-state index in [0.717, 1.165) is 26.0 Å². The molecule has 2 N–H and O–H groups in total. The maximum absolute atomic E-state index is 10.8. The minimum absolute atomic E-state index is 0.0230. The maximum Gasteiger partial charge on any atom is 0.154 e. The van der Waals surface area contributed by atoms with Crippen molar-refractivity contribution in [2.75, 3.05) is 0 Å². The number of aldehydes is 2. The molecule has 4 rings (SSSR count). The lowest BCUT2D eigenvalue weighted by Crippen LogP contribution is -1.84. The van der Waals surface area contributed by atoms with Crippen LogP contribution >= 0.6 is 15.9 Å². The second kappa shape index (κ2) is 8.01. The summed E-state index contributed by atoms with van der Waals surface area (Å²) in [6.45, 7) is 0. The lowest BCUT2D eigenvalue weighted by atomic mass is 10.0. The molecule has 27 heavy (non-hydrogen) atoms. The Morgan fingerprint density at radius 2 is 1.22 bits per heavy atom. The summed E-state index contributed by atoms with van der Waals surface area (Å²) in [5, 5.41) is 22.3. The van der Waals surface area contributed by atoms with Gasteiger partial charge in [-0.3, -0.25) is 9.59 Å². The SMILES string of the molecule is O=Cc1c(O)ccc2cc(Br)ccc12.O=Cc1c(O)ccc2ccccc12. The van der Waals surface area contributed by atoms with Crippen molar-refractivity contribution < 1.29 is 19.8 Å². The van der Waals surface area contributed by atoms with Gasteiger partial charge >= 0.3 is 0 Å². The highest BCUT2D eigenvalue weighted by Crippen LogP contribution is 2.28. The molecule has 0 radical (unpaired) electrons. The van der Waals surface area contributed by atoms with Crippen molar-refractivity contribution in [1.82, 2.24) is 0 Å². The first-order valence-electron chi connectivity index (χ1n) is 8.07. The standard InChI is InChI=1S/C11H7BrO2.C11H8O2/c12-8-2-3-9-7(5-8)1-4-11(14)10(9)6-13;12-7-10-9-4-2-1-3-8(9)5-6-11(10)13/h1-6,14H;1-7,13H. The predicted molar refractivity (Wildman–Crippen MR) is 110 cm³/mol. The highest BCUT2D eigenvalue weighted by atomic mass is 79.9. The van der Waals surface area contributed by atoms with E-state index in [4.69, 9.17) is 0 Å². The van der Waals surface area contributed by atoms with E-state index in [0.29, 0.717) is 23.7 Å². The average molecular weight is 423 g/mol. The van der Waals surface area contributed by atoms with E-state index < -0.39 is 0 Å². The van der Waals surface area contributed by atoms with Gasteiger partial charge in [0.2, 0.25) is 0 Å². The summed E-state index contributed by atoms with van der Waals surface area (Å²) in [5.41, 5.74) is 0.702. The first kappa shape index (κ1) is 18.6. The van der Waals surface area contributed by atoms with Gasteiger partial charge in [-0.1, -0.05) is 58.4 Å². The zero-order valence-electron chi connectivity index (χ0n) is 14.1. The Morgan fingerprint density at radius 1 is 0.667 bits per heavy atom. The monoisotopic (exact) mass is 422 g/mol. The molecule has 0 spiro atoms. The van der Waals surface area contributed by atoms with E-state index in [9.17, 15) is 19.8 Å². The third kappa shape index (κ3) is 3.83. The van der Waals surface area contributed by atoms with Crippen LogP contribution in [-0.4, -0.2) is 22.8 Å². The number of rotatable bonds is 2. The topological polar surface area (TPSA) is 74.6 Å². The zero-order chi connectivity index (χ0) is 19.4. The molecule has 0 aliphatic rings. The van der Waals surface area contributed by atoms with Crippen LogP contribution in [0.4, 0.5) is 0 Å². The van der Waals surface area contributed by atoms with Crippen LogP contribution in [0.3, 0.4) is 0 Å². The molecular weight excluding hydrogens is 408 g/mol. The van der Waals surface area contributed by atoms with Gasteiger partial charge in [0, 0.05) is 4.47 Å². The Kier molecular flexibility index (Phi) is 5.52. The highest BCUT2D eigenvalue weighted by Gasteiger charge is 2.05. The highest BCUT2D eigenvalue weighted by molar-refractivity contribution is 9.10. The van der Waals surface area contributed by atoms with Crippen LogP contribution in [-0.2, 0) is 0 Å². The smallest absolute Gasteiger partial charge is 0.154 e. The van der Waals surface area contributed by atoms with Crippen LogP contribution in [0, 0.1) is 0 Å². The van der Waals surface area contributed by atoms with Crippen molar-refractivity contribution in [2.45, 2.75) is 0 Å². The first-order valence-corrected chi connectivity index (χ1v) is 8.86. The molecule has 0 bridgehead atoms. The van der Waals surface area contributed by atoms with Crippen LogP contribution in [0.5, 0.6) is 11.5 Å². The van der Waals surface area contributed by atoms with Crippen LogP contribution in [0.1, 0.15) is 20.7 Å². The Balaban J connectivity index is 0.000000156. The van der Waals surface area contributed by atoms with Crippen molar-refractivity contribution in [1.29, 1.82) is 0 Å².